The van der Waals surface area contributed by atoms with Crippen molar-refractivity contribution in [1.82, 2.24) is 9.80 Å². The van der Waals surface area contributed by atoms with Crippen LogP contribution in [0.5, 0.6) is 0 Å². The number of hydrogen-bond donors (Lipinski definition) is 1. The first-order chi connectivity index (χ1) is 9.69. The van der Waals surface area contributed by atoms with Crippen LogP contribution in [0.2, 0.25) is 0 Å². The second-order valence-electron chi connectivity index (χ2n) is 5.98. The molecule has 2 aliphatic heterocycles. The van der Waals surface area contributed by atoms with Gasteiger partial charge in [0.15, 0.2) is 0 Å². The van der Waals surface area contributed by atoms with Crippen LogP contribution in [0, 0.1) is 0 Å². The fourth-order valence-electron chi connectivity index (χ4n) is 3.32. The molecule has 0 saturated carbocycles. The number of ether oxygens (including phenoxy) is 1. The largest absolute Gasteiger partial charge is 0.481 e. The second kappa shape index (κ2) is 7.96. The number of carboxylic acids is 1. The van der Waals surface area contributed by atoms with Crippen molar-refractivity contribution in [1.29, 1.82) is 0 Å². The normalized spacial score (nSPS) is 29.4. The van der Waals surface area contributed by atoms with Gasteiger partial charge in [0.05, 0.1) is 12.5 Å². The summed E-state index contributed by atoms with van der Waals surface area (Å²) in [6.07, 6.45) is 5.40. The molecule has 2 saturated heterocycles. The summed E-state index contributed by atoms with van der Waals surface area (Å²) in [4.78, 5) is 15.5. The van der Waals surface area contributed by atoms with Crippen molar-refractivity contribution in [2.24, 2.45) is 0 Å². The number of piperazine rings is 1. The van der Waals surface area contributed by atoms with Crippen LogP contribution in [-0.4, -0.2) is 72.4 Å². The van der Waals surface area contributed by atoms with Gasteiger partial charge in [-0.25, -0.2) is 0 Å². The Morgan fingerprint density at radius 3 is 2.70 bits per heavy atom. The highest BCUT2D eigenvalue weighted by molar-refractivity contribution is 5.66. The summed E-state index contributed by atoms with van der Waals surface area (Å²) in [7, 11) is 0. The molecule has 116 valence electrons. The Labute approximate surface area is 121 Å². The van der Waals surface area contributed by atoms with Crippen molar-refractivity contribution in [3.63, 3.8) is 0 Å². The molecule has 0 bridgehead atoms. The minimum atomic E-state index is -0.695. The van der Waals surface area contributed by atoms with Gasteiger partial charge in [0.2, 0.25) is 0 Å². The Morgan fingerprint density at radius 1 is 1.30 bits per heavy atom. The van der Waals surface area contributed by atoms with E-state index in [4.69, 9.17) is 9.84 Å². The van der Waals surface area contributed by atoms with E-state index in [2.05, 4.69) is 16.7 Å². The number of nitrogens with zero attached hydrogens (tertiary/aromatic N) is 2. The van der Waals surface area contributed by atoms with Gasteiger partial charge in [-0.3, -0.25) is 9.69 Å². The van der Waals surface area contributed by atoms with Crippen LogP contribution in [0.1, 0.15) is 39.0 Å². The first kappa shape index (κ1) is 15.7. The third kappa shape index (κ3) is 4.72. The van der Waals surface area contributed by atoms with E-state index in [1.54, 1.807) is 0 Å². The number of hydrogen-bond acceptors (Lipinski definition) is 4. The highest BCUT2D eigenvalue weighted by Crippen LogP contribution is 2.23. The molecule has 2 fully saturated rings. The molecule has 0 spiro atoms. The zero-order chi connectivity index (χ0) is 14.4. The zero-order valence-corrected chi connectivity index (χ0v) is 12.6. The van der Waals surface area contributed by atoms with E-state index in [9.17, 15) is 4.79 Å². The number of rotatable bonds is 6. The van der Waals surface area contributed by atoms with Crippen molar-refractivity contribution < 1.29 is 14.6 Å². The van der Waals surface area contributed by atoms with E-state index in [1.165, 1.54) is 19.3 Å². The third-order valence-corrected chi connectivity index (χ3v) is 4.52. The Kier molecular flexibility index (Phi) is 6.26. The minimum Gasteiger partial charge on any atom is -0.481 e. The van der Waals surface area contributed by atoms with E-state index in [-0.39, 0.29) is 6.42 Å². The molecule has 2 atom stereocenters. The second-order valence-corrected chi connectivity index (χ2v) is 5.98. The molecule has 1 N–H and O–H groups in total. The molecule has 20 heavy (non-hydrogen) atoms. The Balaban J connectivity index is 1.71. The average Bonchev–Trinajstić information content (AvgIpc) is 2.46. The zero-order valence-electron chi connectivity index (χ0n) is 12.6. The molecule has 0 aromatic rings. The van der Waals surface area contributed by atoms with Crippen LogP contribution in [0.25, 0.3) is 0 Å². The molecule has 2 aliphatic rings. The van der Waals surface area contributed by atoms with Crippen LogP contribution in [0.3, 0.4) is 0 Å². The average molecular weight is 284 g/mol. The van der Waals surface area contributed by atoms with Gasteiger partial charge in [-0.1, -0.05) is 13.3 Å². The summed E-state index contributed by atoms with van der Waals surface area (Å²) in [5, 5.41) is 8.73. The van der Waals surface area contributed by atoms with Crippen LogP contribution >= 0.6 is 0 Å². The monoisotopic (exact) mass is 284 g/mol. The van der Waals surface area contributed by atoms with E-state index < -0.39 is 5.97 Å². The van der Waals surface area contributed by atoms with Gasteiger partial charge in [-0.15, -0.1) is 0 Å². The van der Waals surface area contributed by atoms with Gasteiger partial charge < -0.3 is 14.7 Å². The fourth-order valence-corrected chi connectivity index (χ4v) is 3.32. The maximum atomic E-state index is 10.6. The highest BCUT2D eigenvalue weighted by Gasteiger charge is 2.29. The SMILES string of the molecule is CCCC1CC(N2CCN(CCC(=O)O)CC2)CCO1. The summed E-state index contributed by atoms with van der Waals surface area (Å²) in [5.41, 5.74) is 0. The molecule has 2 unspecified atom stereocenters. The van der Waals surface area contributed by atoms with Crippen molar-refractivity contribution in [2.45, 2.75) is 51.2 Å². The molecular formula is C15H28N2O3. The molecule has 5 nitrogen and oxygen atoms in total. The molecule has 0 radical (unpaired) electrons. The summed E-state index contributed by atoms with van der Waals surface area (Å²) < 4.78 is 5.82. The molecule has 2 rings (SSSR count). The van der Waals surface area contributed by atoms with Crippen LogP contribution in [-0.2, 0) is 9.53 Å². The van der Waals surface area contributed by atoms with Crippen molar-refractivity contribution in [3.05, 3.63) is 0 Å². The van der Waals surface area contributed by atoms with Crippen LogP contribution in [0.4, 0.5) is 0 Å². The summed E-state index contributed by atoms with van der Waals surface area (Å²) in [5.74, 6) is -0.695. The third-order valence-electron chi connectivity index (χ3n) is 4.52. The minimum absolute atomic E-state index is 0.260. The van der Waals surface area contributed by atoms with E-state index >= 15 is 0 Å². The highest BCUT2D eigenvalue weighted by atomic mass is 16.5. The lowest BCUT2D eigenvalue weighted by Crippen LogP contribution is -2.52. The lowest BCUT2D eigenvalue weighted by atomic mass is 9.98. The van der Waals surface area contributed by atoms with Gasteiger partial charge in [-0.2, -0.15) is 0 Å². The molecule has 0 aliphatic carbocycles. The quantitative estimate of drug-likeness (QED) is 0.799. The van der Waals surface area contributed by atoms with E-state index in [1.807, 2.05) is 0 Å². The lowest BCUT2D eigenvalue weighted by Gasteiger charge is -2.42. The summed E-state index contributed by atoms with van der Waals surface area (Å²) >= 11 is 0. The number of aliphatic carboxylic acids is 1. The molecule has 0 amide bonds. The molecular weight excluding hydrogens is 256 g/mol. The smallest absolute Gasteiger partial charge is 0.304 e. The van der Waals surface area contributed by atoms with Gasteiger partial charge in [-0.05, 0) is 19.3 Å². The van der Waals surface area contributed by atoms with Gasteiger partial charge in [0.1, 0.15) is 0 Å². The topological polar surface area (TPSA) is 53.0 Å². The predicted octanol–water partition coefficient (Wildman–Crippen LogP) is 1.43. The van der Waals surface area contributed by atoms with Gasteiger partial charge in [0, 0.05) is 45.4 Å². The molecule has 5 heteroatoms. The van der Waals surface area contributed by atoms with Crippen LogP contribution in [0.15, 0.2) is 0 Å². The van der Waals surface area contributed by atoms with Crippen LogP contribution < -0.4 is 0 Å². The van der Waals surface area contributed by atoms with Crippen molar-refractivity contribution >= 4 is 5.97 Å². The molecule has 2 heterocycles. The molecule has 0 aromatic carbocycles. The predicted molar refractivity (Wildman–Crippen MR) is 77.9 cm³/mol. The maximum Gasteiger partial charge on any atom is 0.304 e. The maximum absolute atomic E-state index is 10.6. The summed E-state index contributed by atoms with van der Waals surface area (Å²) in [6.45, 7) is 7.95. The van der Waals surface area contributed by atoms with Crippen molar-refractivity contribution in [3.8, 4) is 0 Å². The fraction of sp³-hybridized carbons (Fsp3) is 0.933. The van der Waals surface area contributed by atoms with Gasteiger partial charge in [0.25, 0.3) is 0 Å². The Bertz CT molecular complexity index is 301. The first-order valence-corrected chi connectivity index (χ1v) is 7.99. The standard InChI is InChI=1S/C15H28N2O3/c1-2-3-14-12-13(5-11-20-14)17-9-7-16(8-10-17)6-4-15(18)19/h13-14H,2-12H2,1H3,(H,18,19). The molecule has 0 aromatic heterocycles. The Hall–Kier alpha value is -0.650. The lowest BCUT2D eigenvalue weighted by molar-refractivity contribution is -0.137. The number of carbonyl (C=O) groups is 1. The first-order valence-electron chi connectivity index (χ1n) is 7.99. The Morgan fingerprint density at radius 2 is 2.05 bits per heavy atom. The van der Waals surface area contributed by atoms with E-state index in [0.29, 0.717) is 18.7 Å². The number of carboxylic acid groups (broad SMARTS) is 1. The van der Waals surface area contributed by atoms with Crippen molar-refractivity contribution in [2.75, 3.05) is 39.3 Å². The van der Waals surface area contributed by atoms with E-state index in [0.717, 1.165) is 39.2 Å². The summed E-state index contributed by atoms with van der Waals surface area (Å²) in [6, 6.07) is 0.668. The van der Waals surface area contributed by atoms with Gasteiger partial charge >= 0.3 is 5.97 Å².